The highest BCUT2D eigenvalue weighted by molar-refractivity contribution is 9.11. The van der Waals surface area contributed by atoms with E-state index in [1.54, 1.807) is 0 Å². The Morgan fingerprint density at radius 3 is 2.79 bits per heavy atom. The van der Waals surface area contributed by atoms with Crippen molar-refractivity contribution in [3.8, 4) is 0 Å². The van der Waals surface area contributed by atoms with E-state index in [0.717, 1.165) is 17.4 Å². The smallest absolute Gasteiger partial charge is 0.330 e. The van der Waals surface area contributed by atoms with Gasteiger partial charge in [0, 0.05) is 12.6 Å². The van der Waals surface area contributed by atoms with Gasteiger partial charge in [-0.15, -0.1) is 0 Å². The molecule has 2 unspecified atom stereocenters. The molecule has 182 valence electrons. The number of halogens is 1. The van der Waals surface area contributed by atoms with E-state index in [1.165, 1.54) is 17.3 Å². The van der Waals surface area contributed by atoms with Crippen molar-refractivity contribution < 1.29 is 29.3 Å². The van der Waals surface area contributed by atoms with E-state index in [1.807, 2.05) is 6.92 Å². The van der Waals surface area contributed by atoms with Crippen LogP contribution in [0.4, 0.5) is 0 Å². The van der Waals surface area contributed by atoms with Crippen molar-refractivity contribution in [3.63, 3.8) is 0 Å². The van der Waals surface area contributed by atoms with Crippen LogP contribution >= 0.6 is 15.9 Å². The largest absolute Gasteiger partial charge is 0.465 e. The summed E-state index contributed by atoms with van der Waals surface area (Å²) in [5.74, 6) is -1.04. The molecule has 0 radical (unpaired) electrons. The fourth-order valence-electron chi connectivity index (χ4n) is 3.97. The lowest BCUT2D eigenvalue weighted by molar-refractivity contribution is -0.146. The number of unbranched alkanes of at least 4 members (excludes halogenated alkanes) is 1. The number of ether oxygens (including phenoxy) is 2. The molecule has 0 aromatic carbocycles. The number of aliphatic hydroxyl groups excluding tert-OH is 2. The molecule has 33 heavy (non-hydrogen) atoms. The number of carbonyl (C=O) groups is 2. The fourth-order valence-corrected chi connectivity index (χ4v) is 4.26. The van der Waals surface area contributed by atoms with Crippen LogP contribution in [0.2, 0.25) is 0 Å². The number of Topliss-reactive ketones (excluding diaryl/α,β-unsaturated/α-hetero) is 1. The molecule has 2 aliphatic heterocycles. The molecule has 6 atom stereocenters. The first-order valence-electron chi connectivity index (χ1n) is 10.9. The van der Waals surface area contributed by atoms with E-state index >= 15 is 0 Å². The van der Waals surface area contributed by atoms with Gasteiger partial charge in [-0.25, -0.2) is 4.79 Å². The second-order valence-electron chi connectivity index (χ2n) is 8.12. The summed E-state index contributed by atoms with van der Waals surface area (Å²) in [6.45, 7) is 2.30. The summed E-state index contributed by atoms with van der Waals surface area (Å²) in [4.78, 5) is 52.6. The van der Waals surface area contributed by atoms with Crippen molar-refractivity contribution in [3.05, 3.63) is 37.6 Å². The number of ketones is 1. The third-order valence-corrected chi connectivity index (χ3v) is 6.07. The van der Waals surface area contributed by atoms with Crippen LogP contribution in [0.5, 0.6) is 0 Å². The first-order chi connectivity index (χ1) is 15.8. The van der Waals surface area contributed by atoms with Crippen molar-refractivity contribution in [2.75, 3.05) is 6.61 Å². The molecular formula is C21H28BrN3O8. The van der Waals surface area contributed by atoms with Gasteiger partial charge in [-0.05, 0) is 30.3 Å². The Kier molecular flexibility index (Phi) is 8.76. The monoisotopic (exact) mass is 529 g/mol. The highest BCUT2D eigenvalue weighted by Gasteiger charge is 2.45. The van der Waals surface area contributed by atoms with Gasteiger partial charge in [0.05, 0.1) is 24.3 Å². The Hall–Kier alpha value is -2.12. The summed E-state index contributed by atoms with van der Waals surface area (Å²) >= 11 is 3.06. The highest BCUT2D eigenvalue weighted by Crippen LogP contribution is 2.31. The Labute approximate surface area is 197 Å². The number of aliphatic hydroxyl groups is 2. The molecule has 2 aliphatic rings. The molecule has 0 spiro atoms. The highest BCUT2D eigenvalue weighted by atomic mass is 79.9. The molecule has 4 N–H and O–H groups in total. The molecule has 0 amide bonds. The van der Waals surface area contributed by atoms with Crippen LogP contribution in [0.25, 0.3) is 6.08 Å². The minimum atomic E-state index is -1.67. The van der Waals surface area contributed by atoms with E-state index in [4.69, 9.17) is 9.47 Å². The van der Waals surface area contributed by atoms with Gasteiger partial charge in [0.1, 0.15) is 24.5 Å². The number of esters is 1. The molecule has 1 aromatic heterocycles. The normalized spacial score (nSPS) is 28.3. The number of hydrogen-bond acceptors (Lipinski definition) is 9. The van der Waals surface area contributed by atoms with Gasteiger partial charge in [0.15, 0.2) is 5.78 Å². The van der Waals surface area contributed by atoms with Crippen LogP contribution < -0.4 is 16.6 Å². The Bertz CT molecular complexity index is 1010. The van der Waals surface area contributed by atoms with Crippen LogP contribution in [0, 0.1) is 0 Å². The van der Waals surface area contributed by atoms with Gasteiger partial charge in [-0.3, -0.25) is 29.3 Å². The fraction of sp³-hybridized carbons (Fsp3) is 0.619. The standard InChI is InChI=1S/C21H28BrN3O8/c1-2-3-8-32-20(30)13-5-4-12(23-13)16(27)17(28)18-14(26)9-15(33-18)25-10-11(6-7-22)19(29)24-21(25)31/h6-7,10,12-15,17-18,23,26,28H,2-5,8-9H2,1H3,(H,24,29,31)/t12-,13?,14-,15+,17?,18-/m0/s1. The molecule has 1 aromatic rings. The van der Waals surface area contributed by atoms with Crippen molar-refractivity contribution >= 4 is 33.8 Å². The van der Waals surface area contributed by atoms with Gasteiger partial charge < -0.3 is 19.7 Å². The van der Waals surface area contributed by atoms with Crippen LogP contribution in [-0.2, 0) is 19.1 Å². The molecule has 0 bridgehead atoms. The number of H-pyrrole nitrogens is 1. The quantitative estimate of drug-likeness (QED) is 0.254. The number of aromatic amines is 1. The molecule has 3 heterocycles. The van der Waals surface area contributed by atoms with E-state index in [9.17, 15) is 29.4 Å². The number of nitrogens with one attached hydrogen (secondary N) is 2. The predicted octanol–water partition coefficient (Wildman–Crippen LogP) is -0.0555. The van der Waals surface area contributed by atoms with Crippen LogP contribution in [-0.4, -0.2) is 68.5 Å². The average molecular weight is 530 g/mol. The second kappa shape index (κ2) is 11.3. The maximum atomic E-state index is 12.8. The molecule has 2 saturated heterocycles. The van der Waals surface area contributed by atoms with Gasteiger partial charge in [0.2, 0.25) is 0 Å². The minimum Gasteiger partial charge on any atom is -0.465 e. The molecule has 3 rings (SSSR count). The number of rotatable bonds is 9. The summed E-state index contributed by atoms with van der Waals surface area (Å²) in [7, 11) is 0. The number of aromatic nitrogens is 2. The van der Waals surface area contributed by atoms with Gasteiger partial charge in [-0.2, -0.15) is 0 Å². The van der Waals surface area contributed by atoms with Crippen molar-refractivity contribution in [2.24, 2.45) is 0 Å². The zero-order valence-corrected chi connectivity index (χ0v) is 19.7. The number of nitrogens with zero attached hydrogens (tertiary/aromatic N) is 1. The summed E-state index contributed by atoms with van der Waals surface area (Å²) in [6.07, 6.45) is -0.136. The SMILES string of the molecule is CCCCOC(=O)C1CC[C@@H](C(=O)C(O)[C@H]2O[C@@H](n3cc(C=CBr)c(=O)[nH]c3=O)C[C@@H]2O)N1. The lowest BCUT2D eigenvalue weighted by atomic mass is 9.98. The Balaban J connectivity index is 1.64. The van der Waals surface area contributed by atoms with E-state index in [0.29, 0.717) is 19.4 Å². The predicted molar refractivity (Wildman–Crippen MR) is 121 cm³/mol. The Morgan fingerprint density at radius 2 is 2.09 bits per heavy atom. The molecule has 11 nitrogen and oxygen atoms in total. The molecule has 2 fully saturated rings. The maximum Gasteiger partial charge on any atom is 0.330 e. The first-order valence-corrected chi connectivity index (χ1v) is 11.8. The van der Waals surface area contributed by atoms with E-state index in [-0.39, 0.29) is 12.0 Å². The van der Waals surface area contributed by atoms with E-state index in [2.05, 4.69) is 26.2 Å². The second-order valence-corrected chi connectivity index (χ2v) is 8.65. The molecule has 12 heteroatoms. The van der Waals surface area contributed by atoms with Crippen LogP contribution in [0.15, 0.2) is 20.8 Å². The number of carbonyl (C=O) groups excluding carboxylic acids is 2. The summed E-state index contributed by atoms with van der Waals surface area (Å²) < 4.78 is 11.9. The molecular weight excluding hydrogens is 502 g/mol. The zero-order chi connectivity index (χ0) is 24.1. The third kappa shape index (κ3) is 5.87. The topological polar surface area (TPSA) is 160 Å². The van der Waals surface area contributed by atoms with Crippen molar-refractivity contribution in [1.29, 1.82) is 0 Å². The Morgan fingerprint density at radius 1 is 1.36 bits per heavy atom. The van der Waals surface area contributed by atoms with Crippen molar-refractivity contribution in [1.82, 2.24) is 14.9 Å². The number of hydrogen-bond donors (Lipinski definition) is 4. The lowest BCUT2D eigenvalue weighted by Gasteiger charge is -2.23. The van der Waals surface area contributed by atoms with Gasteiger partial charge in [0.25, 0.3) is 5.56 Å². The lowest BCUT2D eigenvalue weighted by Crippen LogP contribution is -2.49. The summed E-state index contributed by atoms with van der Waals surface area (Å²) in [5, 5.41) is 23.9. The maximum absolute atomic E-state index is 12.8. The van der Waals surface area contributed by atoms with Crippen LogP contribution in [0.1, 0.15) is 50.8 Å². The van der Waals surface area contributed by atoms with Gasteiger partial charge >= 0.3 is 11.7 Å². The minimum absolute atomic E-state index is 0.0666. The van der Waals surface area contributed by atoms with E-state index < -0.39 is 59.6 Å². The summed E-state index contributed by atoms with van der Waals surface area (Å²) in [6, 6.07) is -1.42. The molecule has 0 aliphatic carbocycles. The average Bonchev–Trinajstić information content (AvgIpc) is 3.42. The van der Waals surface area contributed by atoms with Crippen molar-refractivity contribution in [2.45, 2.75) is 75.7 Å². The first kappa shape index (κ1) is 25.5. The zero-order valence-electron chi connectivity index (χ0n) is 18.1. The van der Waals surface area contributed by atoms with Crippen LogP contribution in [0.3, 0.4) is 0 Å². The summed E-state index contributed by atoms with van der Waals surface area (Å²) in [5.41, 5.74) is -1.16. The third-order valence-electron chi connectivity index (χ3n) is 5.80. The molecule has 0 saturated carbocycles. The van der Waals surface area contributed by atoms with Gasteiger partial charge in [-0.1, -0.05) is 29.3 Å².